The number of carbonyl (C=O) groups excluding carboxylic acids is 1. The normalized spacial score (nSPS) is 10.2. The van der Waals surface area contributed by atoms with E-state index in [4.69, 9.17) is 32.8 Å². The molecule has 0 radical (unpaired) electrons. The van der Waals surface area contributed by atoms with Crippen molar-refractivity contribution in [1.82, 2.24) is 5.32 Å². The van der Waals surface area contributed by atoms with Gasteiger partial charge in [-0.1, -0.05) is 23.6 Å². The molecule has 0 aliphatic rings. The van der Waals surface area contributed by atoms with E-state index in [9.17, 15) is 4.79 Å². The maximum Gasteiger partial charge on any atom is 0.262 e. The van der Waals surface area contributed by atoms with E-state index in [1.54, 1.807) is 12.1 Å². The smallest absolute Gasteiger partial charge is 0.262 e. The van der Waals surface area contributed by atoms with Crippen molar-refractivity contribution in [3.63, 3.8) is 0 Å². The molecule has 1 aromatic carbocycles. The molecule has 0 bridgehead atoms. The van der Waals surface area contributed by atoms with Gasteiger partial charge in [0.05, 0.1) is 12.1 Å². The zero-order valence-corrected chi connectivity index (χ0v) is 13.3. The van der Waals surface area contributed by atoms with Crippen molar-refractivity contribution in [3.8, 4) is 29.9 Å². The third-order valence-corrected chi connectivity index (χ3v) is 2.92. The zero-order valence-electron chi connectivity index (χ0n) is 12.6. The number of hydrogen-bond acceptors (Lipinski definition) is 4. The van der Waals surface area contributed by atoms with Crippen molar-refractivity contribution in [3.05, 3.63) is 40.9 Å². The molecule has 5 nitrogen and oxygen atoms in total. The van der Waals surface area contributed by atoms with Crippen molar-refractivity contribution >= 4 is 23.6 Å². The SMILES string of the molecule is C#CCOc1c(Cl)cc(/C=C(\C#N)C(=O)NCC=C)cc1OC. The number of nitrogens with one attached hydrogen (secondary N) is 1. The molecule has 0 fully saturated rings. The van der Waals surface area contributed by atoms with Crippen molar-refractivity contribution in [2.24, 2.45) is 0 Å². The Bertz CT molecular complexity index is 712. The summed E-state index contributed by atoms with van der Waals surface area (Å²) in [4.78, 5) is 11.8. The third-order valence-electron chi connectivity index (χ3n) is 2.63. The van der Waals surface area contributed by atoms with Gasteiger partial charge in [-0.05, 0) is 23.8 Å². The van der Waals surface area contributed by atoms with Crippen LogP contribution in [-0.4, -0.2) is 26.2 Å². The van der Waals surface area contributed by atoms with Crippen LogP contribution in [0.3, 0.4) is 0 Å². The minimum Gasteiger partial charge on any atom is -0.493 e. The minimum absolute atomic E-state index is 0.0403. The second-order valence-electron chi connectivity index (χ2n) is 4.20. The van der Waals surface area contributed by atoms with Crippen molar-refractivity contribution < 1.29 is 14.3 Å². The first-order chi connectivity index (χ1) is 11.1. The Kier molecular flexibility index (Phi) is 7.26. The minimum atomic E-state index is -0.504. The number of terminal acetylenes is 1. The van der Waals surface area contributed by atoms with E-state index in [0.29, 0.717) is 17.1 Å². The molecule has 118 valence electrons. The van der Waals surface area contributed by atoms with Crippen LogP contribution in [-0.2, 0) is 4.79 Å². The highest BCUT2D eigenvalue weighted by atomic mass is 35.5. The lowest BCUT2D eigenvalue weighted by atomic mass is 10.1. The average molecular weight is 331 g/mol. The lowest BCUT2D eigenvalue weighted by molar-refractivity contribution is -0.116. The molecule has 0 atom stereocenters. The van der Waals surface area contributed by atoms with E-state index >= 15 is 0 Å². The van der Waals surface area contributed by atoms with Gasteiger partial charge in [-0.25, -0.2) is 0 Å². The predicted molar refractivity (Wildman–Crippen MR) is 89.1 cm³/mol. The van der Waals surface area contributed by atoms with Gasteiger partial charge in [0, 0.05) is 6.54 Å². The van der Waals surface area contributed by atoms with Crippen LogP contribution in [0, 0.1) is 23.7 Å². The van der Waals surface area contributed by atoms with E-state index in [2.05, 4.69) is 17.8 Å². The van der Waals surface area contributed by atoms with Gasteiger partial charge in [-0.15, -0.1) is 13.0 Å². The highest BCUT2D eigenvalue weighted by Gasteiger charge is 2.13. The highest BCUT2D eigenvalue weighted by Crippen LogP contribution is 2.36. The first kappa shape index (κ1) is 18.2. The monoisotopic (exact) mass is 330 g/mol. The molecule has 1 aromatic rings. The van der Waals surface area contributed by atoms with E-state index in [0.717, 1.165) is 0 Å². The van der Waals surface area contributed by atoms with Gasteiger partial charge in [0.25, 0.3) is 5.91 Å². The molecule has 1 N–H and O–H groups in total. The fourth-order valence-electron chi connectivity index (χ4n) is 1.65. The molecule has 1 rings (SSSR count). The summed E-state index contributed by atoms with van der Waals surface area (Å²) in [6.45, 7) is 3.80. The third kappa shape index (κ3) is 5.10. The lowest BCUT2D eigenvalue weighted by Crippen LogP contribution is -2.24. The maximum atomic E-state index is 11.8. The summed E-state index contributed by atoms with van der Waals surface area (Å²) in [6, 6.07) is 4.98. The van der Waals surface area contributed by atoms with Gasteiger partial charge in [-0.2, -0.15) is 5.26 Å². The van der Waals surface area contributed by atoms with Gasteiger partial charge in [0.1, 0.15) is 18.2 Å². The zero-order chi connectivity index (χ0) is 17.2. The Labute approximate surface area is 140 Å². The number of amides is 1. The van der Waals surface area contributed by atoms with Gasteiger partial charge < -0.3 is 14.8 Å². The fourth-order valence-corrected chi connectivity index (χ4v) is 1.93. The Morgan fingerprint density at radius 1 is 1.57 bits per heavy atom. The van der Waals surface area contributed by atoms with Gasteiger partial charge in [-0.3, -0.25) is 4.79 Å². The van der Waals surface area contributed by atoms with Crippen LogP contribution in [0.2, 0.25) is 5.02 Å². The van der Waals surface area contributed by atoms with Gasteiger partial charge >= 0.3 is 0 Å². The summed E-state index contributed by atoms with van der Waals surface area (Å²) in [6.07, 6.45) is 8.07. The summed E-state index contributed by atoms with van der Waals surface area (Å²) >= 11 is 6.14. The van der Waals surface area contributed by atoms with Gasteiger partial charge in [0.2, 0.25) is 0 Å². The molecule has 6 heteroatoms. The highest BCUT2D eigenvalue weighted by molar-refractivity contribution is 6.32. The maximum absolute atomic E-state index is 11.8. The molecule has 0 saturated carbocycles. The Balaban J connectivity index is 3.18. The number of hydrogen-bond donors (Lipinski definition) is 1. The van der Waals surface area contributed by atoms with Crippen LogP contribution in [0.4, 0.5) is 0 Å². The summed E-state index contributed by atoms with van der Waals surface area (Å²) < 4.78 is 10.5. The first-order valence-electron chi connectivity index (χ1n) is 6.52. The molecular formula is C17H15ClN2O3. The molecule has 0 aromatic heterocycles. The number of carbonyl (C=O) groups is 1. The number of halogens is 1. The molecular weight excluding hydrogens is 316 g/mol. The molecule has 0 heterocycles. The molecule has 23 heavy (non-hydrogen) atoms. The number of nitriles is 1. The molecule has 0 aliphatic carbocycles. The molecule has 0 spiro atoms. The number of benzene rings is 1. The summed E-state index contributed by atoms with van der Waals surface area (Å²) in [5, 5.41) is 11.9. The van der Waals surface area contributed by atoms with E-state index in [-0.39, 0.29) is 23.7 Å². The van der Waals surface area contributed by atoms with E-state index in [1.165, 1.54) is 19.3 Å². The van der Waals surface area contributed by atoms with Gasteiger partial charge in [0.15, 0.2) is 11.5 Å². The predicted octanol–water partition coefficient (Wildman–Crippen LogP) is 2.57. The van der Waals surface area contributed by atoms with Crippen molar-refractivity contribution in [2.75, 3.05) is 20.3 Å². The number of ether oxygens (including phenoxy) is 2. The van der Waals surface area contributed by atoms with Crippen LogP contribution in [0.5, 0.6) is 11.5 Å². The molecule has 0 saturated heterocycles. The summed E-state index contributed by atoms with van der Waals surface area (Å²) in [5.74, 6) is 2.48. The van der Waals surface area contributed by atoms with E-state index < -0.39 is 5.91 Å². The van der Waals surface area contributed by atoms with Crippen LogP contribution < -0.4 is 14.8 Å². The lowest BCUT2D eigenvalue weighted by Gasteiger charge is -2.11. The summed E-state index contributed by atoms with van der Waals surface area (Å²) in [5.41, 5.74) is 0.451. The Morgan fingerprint density at radius 3 is 2.87 bits per heavy atom. The summed E-state index contributed by atoms with van der Waals surface area (Å²) in [7, 11) is 1.45. The van der Waals surface area contributed by atoms with Crippen LogP contribution >= 0.6 is 11.6 Å². The molecule has 0 aliphatic heterocycles. The van der Waals surface area contributed by atoms with E-state index in [1.807, 2.05) is 6.07 Å². The van der Waals surface area contributed by atoms with Crippen LogP contribution in [0.15, 0.2) is 30.4 Å². The number of rotatable bonds is 7. The largest absolute Gasteiger partial charge is 0.493 e. The standard InChI is InChI=1S/C17H15ClN2O3/c1-4-6-20-17(21)13(11-19)8-12-9-14(18)16(23-7-5-2)15(10-12)22-3/h2,4,8-10H,1,6-7H2,3H3,(H,20,21)/b13-8+. The van der Waals surface area contributed by atoms with Crippen LogP contribution in [0.1, 0.15) is 5.56 Å². The molecule has 0 unspecified atom stereocenters. The molecule has 1 amide bonds. The van der Waals surface area contributed by atoms with Crippen LogP contribution in [0.25, 0.3) is 6.08 Å². The topological polar surface area (TPSA) is 71.3 Å². The fraction of sp³-hybridized carbons (Fsp3) is 0.176. The second kappa shape index (κ2) is 9.19. The second-order valence-corrected chi connectivity index (χ2v) is 4.60. The Morgan fingerprint density at radius 2 is 2.30 bits per heavy atom. The quantitative estimate of drug-likeness (QED) is 0.361. The first-order valence-corrected chi connectivity index (χ1v) is 6.89. The average Bonchev–Trinajstić information content (AvgIpc) is 2.55. The number of nitrogens with zero attached hydrogens (tertiary/aromatic N) is 1. The van der Waals surface area contributed by atoms with Crippen molar-refractivity contribution in [1.29, 1.82) is 5.26 Å². The van der Waals surface area contributed by atoms with Crippen molar-refractivity contribution in [2.45, 2.75) is 0 Å². The number of methoxy groups -OCH3 is 1. The Hall–Kier alpha value is -2.89.